The van der Waals surface area contributed by atoms with Crippen LogP contribution in [0.5, 0.6) is 11.5 Å². The number of anilines is 2. The average molecular weight is 649 g/mol. The van der Waals surface area contributed by atoms with Gasteiger partial charge >= 0.3 is 6.18 Å². The largest absolute Gasteiger partial charge is 0.450 e. The Bertz CT molecular complexity index is 2010. The summed E-state index contributed by atoms with van der Waals surface area (Å²) in [5, 5.41) is 7.52. The molecule has 6 aromatic rings. The summed E-state index contributed by atoms with van der Waals surface area (Å²) in [6, 6.07) is 13.9. The highest BCUT2D eigenvalue weighted by Crippen LogP contribution is 2.38. The number of imidazole rings is 1. The number of ether oxygens (including phenoxy) is 2. The second-order valence-corrected chi connectivity index (χ2v) is 11.5. The molecule has 0 unspecified atom stereocenters. The van der Waals surface area contributed by atoms with E-state index in [2.05, 4.69) is 30.3 Å². The molecular weight excluding hydrogens is 621 g/mol. The molecule has 7 rings (SSSR count). The number of halogens is 4. The monoisotopic (exact) mass is 648 g/mol. The Hall–Kier alpha value is -4.72. The maximum absolute atomic E-state index is 14.0. The van der Waals surface area contributed by atoms with E-state index in [0.29, 0.717) is 47.7 Å². The fourth-order valence-corrected chi connectivity index (χ4v) is 5.88. The van der Waals surface area contributed by atoms with Crippen molar-refractivity contribution in [3.05, 3.63) is 101 Å². The first-order chi connectivity index (χ1) is 22.2. The van der Waals surface area contributed by atoms with E-state index in [1.165, 1.54) is 12.3 Å². The third kappa shape index (κ3) is 6.21. The molecule has 4 aromatic heterocycles. The van der Waals surface area contributed by atoms with Crippen LogP contribution in [0.3, 0.4) is 0 Å². The molecule has 1 atom stereocenters. The quantitative estimate of drug-likeness (QED) is 0.179. The maximum Gasteiger partial charge on any atom is 0.416 e. The van der Waals surface area contributed by atoms with Crippen LogP contribution in [0.25, 0.3) is 16.7 Å². The fraction of sp³-hybridized carbons (Fsp3) is 0.250. The van der Waals surface area contributed by atoms with Crippen LogP contribution in [-0.4, -0.2) is 53.2 Å². The van der Waals surface area contributed by atoms with Crippen molar-refractivity contribution in [2.45, 2.75) is 31.9 Å². The first-order valence-corrected chi connectivity index (χ1v) is 14.9. The van der Waals surface area contributed by atoms with Crippen molar-refractivity contribution in [2.75, 3.05) is 18.4 Å². The lowest BCUT2D eigenvalue weighted by Gasteiger charge is -2.19. The molecule has 0 spiro atoms. The van der Waals surface area contributed by atoms with Gasteiger partial charge in [0.15, 0.2) is 17.1 Å². The van der Waals surface area contributed by atoms with Gasteiger partial charge in [-0.3, -0.25) is 9.88 Å². The van der Waals surface area contributed by atoms with Gasteiger partial charge in [-0.1, -0.05) is 41.9 Å². The fourth-order valence-electron chi connectivity index (χ4n) is 5.58. The van der Waals surface area contributed by atoms with Crippen LogP contribution in [0.1, 0.15) is 23.1 Å². The third-order valence-corrected chi connectivity index (χ3v) is 8.22. The predicted octanol–water partition coefficient (Wildman–Crippen LogP) is 7.01. The molecule has 0 bridgehead atoms. The van der Waals surface area contributed by atoms with Gasteiger partial charge in [0.25, 0.3) is 0 Å². The van der Waals surface area contributed by atoms with Crippen molar-refractivity contribution < 1.29 is 22.6 Å². The highest BCUT2D eigenvalue weighted by Gasteiger charge is 2.32. The lowest BCUT2D eigenvalue weighted by Crippen LogP contribution is -2.23. The zero-order valence-corrected chi connectivity index (χ0v) is 25.3. The first-order valence-electron chi connectivity index (χ1n) is 14.5. The van der Waals surface area contributed by atoms with E-state index in [1.807, 2.05) is 30.3 Å². The Kier molecular flexibility index (Phi) is 7.97. The average Bonchev–Trinajstić information content (AvgIpc) is 3.75. The molecular formula is C32H28ClF3N8O2. The van der Waals surface area contributed by atoms with E-state index in [1.54, 1.807) is 47.0 Å². The Balaban J connectivity index is 1.10. The van der Waals surface area contributed by atoms with Gasteiger partial charge < -0.3 is 19.4 Å². The van der Waals surface area contributed by atoms with Gasteiger partial charge in [0.05, 0.1) is 36.9 Å². The van der Waals surface area contributed by atoms with Crippen LogP contribution in [0.15, 0.2) is 79.5 Å². The van der Waals surface area contributed by atoms with Crippen molar-refractivity contribution in [3.8, 4) is 11.5 Å². The molecule has 14 heteroatoms. The van der Waals surface area contributed by atoms with Crippen molar-refractivity contribution in [1.82, 2.24) is 34.0 Å². The molecule has 0 aliphatic carbocycles. The molecule has 1 fully saturated rings. The molecule has 1 saturated heterocycles. The zero-order chi connectivity index (χ0) is 31.8. The molecule has 1 N–H and O–H groups in total. The summed E-state index contributed by atoms with van der Waals surface area (Å²) in [6.07, 6.45) is 4.18. The molecule has 1 aliphatic rings. The van der Waals surface area contributed by atoms with Crippen molar-refractivity contribution in [1.29, 1.82) is 0 Å². The van der Waals surface area contributed by atoms with E-state index >= 15 is 0 Å². The summed E-state index contributed by atoms with van der Waals surface area (Å²) < 4.78 is 57.3. The van der Waals surface area contributed by atoms with Gasteiger partial charge in [-0.15, -0.1) is 0 Å². The van der Waals surface area contributed by atoms with E-state index in [0.717, 1.165) is 24.6 Å². The molecule has 236 valence electrons. The zero-order valence-electron chi connectivity index (χ0n) is 24.6. The summed E-state index contributed by atoms with van der Waals surface area (Å²) in [5.74, 6) is 0.961. The number of benzene rings is 2. The minimum absolute atomic E-state index is 0.0132. The van der Waals surface area contributed by atoms with Crippen LogP contribution < -0.4 is 10.1 Å². The van der Waals surface area contributed by atoms with Crippen LogP contribution in [0, 0.1) is 0 Å². The number of rotatable bonds is 9. The van der Waals surface area contributed by atoms with Crippen molar-refractivity contribution in [2.24, 2.45) is 7.05 Å². The van der Waals surface area contributed by atoms with Crippen molar-refractivity contribution in [3.63, 3.8) is 0 Å². The summed E-state index contributed by atoms with van der Waals surface area (Å²) in [5.41, 5.74) is 2.48. The van der Waals surface area contributed by atoms with E-state index in [4.69, 9.17) is 21.1 Å². The van der Waals surface area contributed by atoms with Gasteiger partial charge in [0.2, 0.25) is 5.95 Å². The number of aryl methyl sites for hydroxylation is 1. The van der Waals surface area contributed by atoms with Crippen LogP contribution in [-0.2, 0) is 31.1 Å². The van der Waals surface area contributed by atoms with E-state index in [-0.39, 0.29) is 28.5 Å². The number of alkyl halides is 3. The number of fused-ring (bicyclic) bond motifs is 2. The topological polar surface area (TPSA) is 94.6 Å². The molecule has 10 nitrogen and oxygen atoms in total. The minimum Gasteiger partial charge on any atom is -0.450 e. The van der Waals surface area contributed by atoms with Gasteiger partial charge in [-0.05, 0) is 35.7 Å². The molecule has 0 amide bonds. The van der Waals surface area contributed by atoms with Gasteiger partial charge in [0.1, 0.15) is 16.1 Å². The Morgan fingerprint density at radius 3 is 2.72 bits per heavy atom. The first kappa shape index (κ1) is 30.0. The Morgan fingerprint density at radius 2 is 1.89 bits per heavy atom. The second-order valence-electron chi connectivity index (χ2n) is 11.1. The van der Waals surface area contributed by atoms with Gasteiger partial charge in [0, 0.05) is 44.8 Å². The number of nitrogens with one attached hydrogen (secondary N) is 1. The molecule has 5 heterocycles. The summed E-state index contributed by atoms with van der Waals surface area (Å²) in [4.78, 5) is 15.1. The standard InChI is InChI=1S/C32H28ClF3N8O2/c1-42-29-28(33)27(46-26-16-39-44-10-8-37-14-25(26)44)15-38-30(29)41-31(42)40-23-12-21(11-22(13-23)32(34,35)36)17-43-9-7-24(18-43)45-19-20-5-3-2-4-6-20/h2-6,8,10-16,24H,7,9,17-19H2,1H3,(H,38,40,41)/t24-/m1/s1. The van der Waals surface area contributed by atoms with Crippen LogP contribution in [0.4, 0.5) is 24.8 Å². The molecule has 46 heavy (non-hydrogen) atoms. The maximum atomic E-state index is 14.0. The van der Waals surface area contributed by atoms with E-state index < -0.39 is 11.7 Å². The number of pyridine rings is 1. The van der Waals surface area contributed by atoms with Gasteiger partial charge in [-0.2, -0.15) is 23.3 Å². The smallest absolute Gasteiger partial charge is 0.416 e. The highest BCUT2D eigenvalue weighted by molar-refractivity contribution is 6.36. The number of hydrogen-bond acceptors (Lipinski definition) is 8. The number of hydrogen-bond donors (Lipinski definition) is 1. The number of aromatic nitrogens is 6. The summed E-state index contributed by atoms with van der Waals surface area (Å²) in [6.45, 7) is 2.21. The Morgan fingerprint density at radius 1 is 1.04 bits per heavy atom. The molecule has 2 aromatic carbocycles. The van der Waals surface area contributed by atoms with Crippen LogP contribution in [0.2, 0.25) is 5.02 Å². The molecule has 1 aliphatic heterocycles. The number of likely N-dealkylation sites (tertiary alicyclic amines) is 1. The second kappa shape index (κ2) is 12.2. The summed E-state index contributed by atoms with van der Waals surface area (Å²) in [7, 11) is 1.70. The lowest BCUT2D eigenvalue weighted by molar-refractivity contribution is -0.137. The Labute approximate surface area is 266 Å². The van der Waals surface area contributed by atoms with E-state index in [9.17, 15) is 13.2 Å². The normalized spacial score (nSPS) is 15.6. The highest BCUT2D eigenvalue weighted by atomic mass is 35.5. The molecule has 0 saturated carbocycles. The van der Waals surface area contributed by atoms with Crippen LogP contribution >= 0.6 is 11.6 Å². The van der Waals surface area contributed by atoms with Gasteiger partial charge in [-0.25, -0.2) is 9.50 Å². The third-order valence-electron chi connectivity index (χ3n) is 7.85. The predicted molar refractivity (Wildman–Crippen MR) is 166 cm³/mol. The molecule has 0 radical (unpaired) electrons. The lowest BCUT2D eigenvalue weighted by atomic mass is 10.1. The van der Waals surface area contributed by atoms with Crippen molar-refractivity contribution >= 4 is 39.9 Å². The summed E-state index contributed by atoms with van der Waals surface area (Å²) >= 11 is 6.74. The minimum atomic E-state index is -4.53. The SMILES string of the molecule is Cn1c(Nc2cc(CN3CC[C@@H](OCc4ccccc4)C3)cc(C(F)(F)F)c2)nc2ncc(Oc3cnn4ccncc34)c(Cl)c21. The number of nitrogens with zero attached hydrogens (tertiary/aromatic N) is 7.